The van der Waals surface area contributed by atoms with Gasteiger partial charge < -0.3 is 14.2 Å². The van der Waals surface area contributed by atoms with E-state index in [0.717, 1.165) is 96.3 Å². The van der Waals surface area contributed by atoms with Gasteiger partial charge in [-0.25, -0.2) is 0 Å². The predicted octanol–water partition coefficient (Wildman–Crippen LogP) is 17.3. The average Bonchev–Trinajstić information content (AvgIpc) is 3.27. The molecule has 0 N–H and O–H groups in total. The van der Waals surface area contributed by atoms with Gasteiger partial charge in [0.2, 0.25) is 0 Å². The smallest absolute Gasteiger partial charge is 0.306 e. The van der Waals surface area contributed by atoms with Crippen LogP contribution in [0, 0.1) is 0 Å². The van der Waals surface area contributed by atoms with Gasteiger partial charge in [0.25, 0.3) is 0 Å². The highest BCUT2D eigenvalue weighted by Gasteiger charge is 2.19. The van der Waals surface area contributed by atoms with Crippen molar-refractivity contribution in [2.24, 2.45) is 0 Å². The van der Waals surface area contributed by atoms with Crippen LogP contribution in [-0.4, -0.2) is 37.2 Å². The third-order valence-corrected chi connectivity index (χ3v) is 11.2. The Kier molecular flexibility index (Phi) is 48.4. The van der Waals surface area contributed by atoms with Crippen molar-refractivity contribution < 1.29 is 28.6 Å². The van der Waals surface area contributed by atoms with E-state index >= 15 is 0 Å². The molecule has 0 saturated carbocycles. The summed E-state index contributed by atoms with van der Waals surface area (Å²) in [6.07, 6.45) is 62.1. The molecule has 62 heavy (non-hydrogen) atoms. The number of unbranched alkanes of at least 4 members (excludes halogenated alkanes) is 26. The van der Waals surface area contributed by atoms with Crippen molar-refractivity contribution in [2.45, 2.75) is 264 Å². The van der Waals surface area contributed by atoms with Gasteiger partial charge in [0.05, 0.1) is 0 Å². The Bertz CT molecular complexity index is 1130. The number of ether oxygens (including phenoxy) is 3. The topological polar surface area (TPSA) is 78.9 Å². The van der Waals surface area contributed by atoms with Gasteiger partial charge in [-0.3, -0.25) is 14.4 Å². The molecule has 0 aliphatic carbocycles. The Labute approximate surface area is 383 Å². The van der Waals surface area contributed by atoms with Crippen molar-refractivity contribution in [2.75, 3.05) is 13.2 Å². The van der Waals surface area contributed by atoms with E-state index < -0.39 is 6.10 Å². The Morgan fingerprint density at radius 1 is 0.339 bits per heavy atom. The zero-order chi connectivity index (χ0) is 45.1. The molecule has 358 valence electrons. The quantitative estimate of drug-likeness (QED) is 0.0262. The standard InChI is InChI=1S/C56H98O6/c1-4-7-10-13-16-19-22-24-26-28-30-32-34-37-40-43-46-49-55(58)61-52-53(51-60-54(57)48-45-42-39-36-21-18-15-12-9-6-3)62-56(59)50-47-44-41-38-35-33-31-29-27-25-23-20-17-14-11-8-5-2/h7,10,12,15-16,19,24-27,53H,4-6,8-9,11,13-14,17-18,20-23,28-52H2,1-3H3/b10-7-,15-12-,19-16-,26-24-,27-25-. The molecule has 0 spiro atoms. The van der Waals surface area contributed by atoms with Crippen LogP contribution in [-0.2, 0) is 28.6 Å². The molecule has 0 fully saturated rings. The summed E-state index contributed by atoms with van der Waals surface area (Å²) in [7, 11) is 0. The minimum absolute atomic E-state index is 0.0834. The van der Waals surface area contributed by atoms with Crippen molar-refractivity contribution in [3.8, 4) is 0 Å². The number of hydrogen-bond donors (Lipinski definition) is 0. The molecule has 1 unspecified atom stereocenters. The third-order valence-electron chi connectivity index (χ3n) is 11.2. The lowest BCUT2D eigenvalue weighted by Gasteiger charge is -2.18. The van der Waals surface area contributed by atoms with Gasteiger partial charge in [-0.1, -0.05) is 204 Å². The Hall–Kier alpha value is -2.89. The fourth-order valence-corrected chi connectivity index (χ4v) is 7.28. The van der Waals surface area contributed by atoms with Gasteiger partial charge in [-0.05, 0) is 96.3 Å². The molecule has 0 aliphatic rings. The summed E-state index contributed by atoms with van der Waals surface area (Å²) in [6.45, 7) is 6.45. The maximum atomic E-state index is 12.8. The van der Waals surface area contributed by atoms with E-state index in [1.807, 2.05) is 0 Å². The minimum Gasteiger partial charge on any atom is -0.462 e. The average molecular weight is 867 g/mol. The van der Waals surface area contributed by atoms with Crippen molar-refractivity contribution in [1.29, 1.82) is 0 Å². The monoisotopic (exact) mass is 867 g/mol. The van der Waals surface area contributed by atoms with Crippen molar-refractivity contribution in [3.05, 3.63) is 60.8 Å². The second-order valence-electron chi connectivity index (χ2n) is 17.4. The summed E-state index contributed by atoms with van der Waals surface area (Å²) >= 11 is 0. The van der Waals surface area contributed by atoms with E-state index in [9.17, 15) is 14.4 Å². The first-order valence-electron chi connectivity index (χ1n) is 26.3. The van der Waals surface area contributed by atoms with Gasteiger partial charge in [-0.2, -0.15) is 0 Å². The van der Waals surface area contributed by atoms with E-state index in [-0.39, 0.29) is 31.1 Å². The number of esters is 3. The molecular formula is C56H98O6. The SMILES string of the molecule is CC/C=C\C/C=C\C/C=C\CCCCCCCCCC(=O)OCC(COC(=O)CCCCCCC/C=C\CCC)OC(=O)CCCCCCCCC/C=C\CCCCCCCC. The van der Waals surface area contributed by atoms with Gasteiger partial charge in [0.15, 0.2) is 6.10 Å². The van der Waals surface area contributed by atoms with Crippen LogP contribution in [0.5, 0.6) is 0 Å². The normalized spacial score (nSPS) is 12.5. The molecular weight excluding hydrogens is 769 g/mol. The second-order valence-corrected chi connectivity index (χ2v) is 17.4. The number of carbonyl (C=O) groups is 3. The van der Waals surface area contributed by atoms with Crippen LogP contribution < -0.4 is 0 Å². The molecule has 0 bridgehead atoms. The first kappa shape index (κ1) is 59.1. The van der Waals surface area contributed by atoms with Crippen LogP contribution in [0.25, 0.3) is 0 Å². The summed E-state index contributed by atoms with van der Waals surface area (Å²) in [6, 6.07) is 0. The Balaban J connectivity index is 4.35. The highest BCUT2D eigenvalue weighted by molar-refractivity contribution is 5.71. The van der Waals surface area contributed by atoms with Crippen LogP contribution in [0.15, 0.2) is 60.8 Å². The molecule has 0 heterocycles. The van der Waals surface area contributed by atoms with Gasteiger partial charge in [0.1, 0.15) is 13.2 Å². The molecule has 6 heteroatoms. The van der Waals surface area contributed by atoms with Gasteiger partial charge in [0, 0.05) is 19.3 Å². The maximum Gasteiger partial charge on any atom is 0.306 e. The van der Waals surface area contributed by atoms with E-state index in [4.69, 9.17) is 14.2 Å². The van der Waals surface area contributed by atoms with Crippen LogP contribution in [0.2, 0.25) is 0 Å². The molecule has 6 nitrogen and oxygen atoms in total. The molecule has 0 amide bonds. The Morgan fingerprint density at radius 3 is 1.06 bits per heavy atom. The molecule has 1 atom stereocenters. The van der Waals surface area contributed by atoms with E-state index in [1.165, 1.54) is 122 Å². The minimum atomic E-state index is -0.782. The van der Waals surface area contributed by atoms with Crippen LogP contribution in [0.4, 0.5) is 0 Å². The molecule has 0 aromatic carbocycles. The summed E-state index contributed by atoms with van der Waals surface area (Å²) < 4.78 is 16.8. The number of carbonyl (C=O) groups excluding carboxylic acids is 3. The van der Waals surface area contributed by atoms with Crippen molar-refractivity contribution in [1.82, 2.24) is 0 Å². The zero-order valence-electron chi connectivity index (χ0n) is 40.9. The largest absolute Gasteiger partial charge is 0.462 e. The lowest BCUT2D eigenvalue weighted by molar-refractivity contribution is -0.167. The first-order valence-corrected chi connectivity index (χ1v) is 26.3. The highest BCUT2D eigenvalue weighted by Crippen LogP contribution is 2.15. The molecule has 0 radical (unpaired) electrons. The van der Waals surface area contributed by atoms with E-state index in [1.54, 1.807) is 0 Å². The highest BCUT2D eigenvalue weighted by atomic mass is 16.6. The molecule has 0 aromatic rings. The zero-order valence-corrected chi connectivity index (χ0v) is 40.9. The summed E-state index contributed by atoms with van der Waals surface area (Å²) in [5.41, 5.74) is 0. The summed E-state index contributed by atoms with van der Waals surface area (Å²) in [5.74, 6) is -0.903. The lowest BCUT2D eigenvalue weighted by Crippen LogP contribution is -2.30. The lowest BCUT2D eigenvalue weighted by atomic mass is 10.1. The number of rotatable bonds is 47. The van der Waals surface area contributed by atoms with Gasteiger partial charge in [-0.15, -0.1) is 0 Å². The van der Waals surface area contributed by atoms with Crippen LogP contribution >= 0.6 is 0 Å². The van der Waals surface area contributed by atoms with E-state index in [2.05, 4.69) is 81.5 Å². The molecule has 0 aliphatic heterocycles. The Morgan fingerprint density at radius 2 is 0.661 bits per heavy atom. The summed E-state index contributed by atoms with van der Waals surface area (Å²) in [5, 5.41) is 0. The fraction of sp³-hybridized carbons (Fsp3) is 0.768. The molecule has 0 saturated heterocycles. The number of hydrogen-bond acceptors (Lipinski definition) is 6. The fourth-order valence-electron chi connectivity index (χ4n) is 7.28. The van der Waals surface area contributed by atoms with Gasteiger partial charge >= 0.3 is 17.9 Å². The van der Waals surface area contributed by atoms with Crippen LogP contribution in [0.3, 0.4) is 0 Å². The molecule has 0 aromatic heterocycles. The molecule has 0 rings (SSSR count). The first-order chi connectivity index (χ1) is 30.5. The van der Waals surface area contributed by atoms with Crippen molar-refractivity contribution in [3.63, 3.8) is 0 Å². The second kappa shape index (κ2) is 50.8. The third kappa shape index (κ3) is 48.1. The number of allylic oxidation sites excluding steroid dienone is 10. The van der Waals surface area contributed by atoms with E-state index in [0.29, 0.717) is 19.3 Å². The summed E-state index contributed by atoms with van der Waals surface area (Å²) in [4.78, 5) is 37.9. The maximum absolute atomic E-state index is 12.8. The predicted molar refractivity (Wildman–Crippen MR) is 265 cm³/mol. The van der Waals surface area contributed by atoms with Crippen molar-refractivity contribution >= 4 is 17.9 Å². The van der Waals surface area contributed by atoms with Crippen LogP contribution in [0.1, 0.15) is 258 Å².